The van der Waals surface area contributed by atoms with E-state index in [1.807, 2.05) is 6.92 Å². The summed E-state index contributed by atoms with van der Waals surface area (Å²) in [6.45, 7) is 5.49. The molecule has 0 aliphatic carbocycles. The van der Waals surface area contributed by atoms with Crippen molar-refractivity contribution >= 4 is 17.7 Å². The summed E-state index contributed by atoms with van der Waals surface area (Å²) < 4.78 is 7.09. The van der Waals surface area contributed by atoms with Crippen molar-refractivity contribution < 1.29 is 9.53 Å². The van der Waals surface area contributed by atoms with Crippen LogP contribution in [-0.2, 0) is 16.1 Å². The lowest BCUT2D eigenvalue weighted by Gasteiger charge is -2.13. The number of nitrogens with zero attached hydrogens (tertiary/aromatic N) is 2. The number of rotatable bonds is 6. The van der Waals surface area contributed by atoms with Crippen molar-refractivity contribution in [2.45, 2.75) is 49.7 Å². The van der Waals surface area contributed by atoms with Crippen molar-refractivity contribution in [3.05, 3.63) is 10.5 Å². The summed E-state index contributed by atoms with van der Waals surface area (Å²) >= 11 is 1.28. The van der Waals surface area contributed by atoms with Crippen LogP contribution in [0.1, 0.15) is 26.7 Å². The van der Waals surface area contributed by atoms with E-state index in [9.17, 15) is 9.59 Å². The lowest BCUT2D eigenvalue weighted by atomic mass is 10.2. The number of carbonyl (C=O) groups excluding carboxylic acids is 1. The molecule has 2 N–H and O–H groups in total. The lowest BCUT2D eigenvalue weighted by Crippen LogP contribution is -2.31. The predicted molar refractivity (Wildman–Crippen MR) is 75.8 cm³/mol. The van der Waals surface area contributed by atoms with Gasteiger partial charge in [-0.3, -0.25) is 9.36 Å². The number of H-pyrrole nitrogens is 1. The van der Waals surface area contributed by atoms with Crippen LogP contribution in [0.5, 0.6) is 0 Å². The Morgan fingerprint density at radius 2 is 2.50 bits per heavy atom. The highest BCUT2D eigenvalue weighted by Crippen LogP contribution is 2.21. The number of aromatic amines is 1. The number of thioether (sulfide) groups is 1. The van der Waals surface area contributed by atoms with Gasteiger partial charge in [-0.25, -0.2) is 9.89 Å². The van der Waals surface area contributed by atoms with E-state index in [4.69, 9.17) is 4.74 Å². The van der Waals surface area contributed by atoms with Crippen molar-refractivity contribution in [3.8, 4) is 0 Å². The molecule has 2 rings (SSSR count). The second-order valence-electron chi connectivity index (χ2n) is 4.71. The van der Waals surface area contributed by atoms with Crippen LogP contribution in [0.3, 0.4) is 0 Å². The normalized spacial score (nSPS) is 20.0. The minimum absolute atomic E-state index is 0.0587. The number of amides is 1. The maximum Gasteiger partial charge on any atom is 0.344 e. The number of aromatic nitrogens is 3. The van der Waals surface area contributed by atoms with Crippen LogP contribution in [-0.4, -0.2) is 45.2 Å². The van der Waals surface area contributed by atoms with Gasteiger partial charge in [0, 0.05) is 13.2 Å². The fourth-order valence-electron chi connectivity index (χ4n) is 2.08. The molecular formula is C12H20N4O3S. The first-order valence-electron chi connectivity index (χ1n) is 6.83. The summed E-state index contributed by atoms with van der Waals surface area (Å²) in [6, 6.07) is 0. The first kappa shape index (κ1) is 15.1. The molecule has 7 nitrogen and oxygen atoms in total. The molecule has 20 heavy (non-hydrogen) atoms. The molecule has 1 fully saturated rings. The third kappa shape index (κ3) is 3.63. The van der Waals surface area contributed by atoms with E-state index in [-0.39, 0.29) is 23.0 Å². The zero-order valence-electron chi connectivity index (χ0n) is 11.7. The van der Waals surface area contributed by atoms with E-state index < -0.39 is 0 Å². The Morgan fingerprint density at radius 3 is 3.15 bits per heavy atom. The molecule has 2 atom stereocenters. The lowest BCUT2D eigenvalue weighted by molar-refractivity contribution is -0.120. The van der Waals surface area contributed by atoms with E-state index in [1.165, 1.54) is 11.8 Å². The van der Waals surface area contributed by atoms with Gasteiger partial charge in [0.2, 0.25) is 5.91 Å². The Labute approximate surface area is 121 Å². The molecule has 0 unspecified atom stereocenters. The summed E-state index contributed by atoms with van der Waals surface area (Å²) in [7, 11) is 0. The van der Waals surface area contributed by atoms with Gasteiger partial charge in [0.15, 0.2) is 5.16 Å². The van der Waals surface area contributed by atoms with E-state index in [0.717, 1.165) is 19.4 Å². The van der Waals surface area contributed by atoms with Gasteiger partial charge in [0.1, 0.15) is 0 Å². The molecule has 112 valence electrons. The topological polar surface area (TPSA) is 89.0 Å². The Bertz CT molecular complexity index is 507. The van der Waals surface area contributed by atoms with E-state index in [2.05, 4.69) is 15.5 Å². The number of hydrogen-bond donors (Lipinski definition) is 2. The third-order valence-electron chi connectivity index (χ3n) is 3.14. The van der Waals surface area contributed by atoms with Crippen LogP contribution >= 0.6 is 11.8 Å². The van der Waals surface area contributed by atoms with Gasteiger partial charge >= 0.3 is 5.69 Å². The SMILES string of the molecule is CCNC(=O)[C@H](C)Sc1n[nH]c(=O)n1C[C@H]1CCCO1. The molecule has 0 bridgehead atoms. The molecule has 1 aromatic heterocycles. The van der Waals surface area contributed by atoms with Crippen LogP contribution in [0.25, 0.3) is 0 Å². The number of hydrogen-bond acceptors (Lipinski definition) is 5. The van der Waals surface area contributed by atoms with E-state index in [1.54, 1.807) is 11.5 Å². The minimum Gasteiger partial charge on any atom is -0.376 e. The second kappa shape index (κ2) is 6.94. The van der Waals surface area contributed by atoms with Crippen LogP contribution < -0.4 is 11.0 Å². The van der Waals surface area contributed by atoms with Crippen LogP contribution in [0, 0.1) is 0 Å². The fourth-order valence-corrected chi connectivity index (χ4v) is 2.97. The smallest absolute Gasteiger partial charge is 0.344 e. The summed E-state index contributed by atoms with van der Waals surface area (Å²) in [6.07, 6.45) is 2.03. The molecule has 8 heteroatoms. The second-order valence-corrected chi connectivity index (χ2v) is 6.02. The first-order chi connectivity index (χ1) is 9.61. The summed E-state index contributed by atoms with van der Waals surface area (Å²) in [5.74, 6) is -0.0587. The largest absolute Gasteiger partial charge is 0.376 e. The van der Waals surface area contributed by atoms with Crippen LogP contribution in [0.4, 0.5) is 0 Å². The fraction of sp³-hybridized carbons (Fsp3) is 0.750. The molecular weight excluding hydrogens is 280 g/mol. The average molecular weight is 300 g/mol. The van der Waals surface area contributed by atoms with E-state index in [0.29, 0.717) is 18.2 Å². The Morgan fingerprint density at radius 1 is 1.70 bits per heavy atom. The highest BCUT2D eigenvalue weighted by molar-refractivity contribution is 8.00. The zero-order valence-corrected chi connectivity index (χ0v) is 12.5. The highest BCUT2D eigenvalue weighted by Gasteiger charge is 2.22. The predicted octanol–water partition coefficient (Wildman–Crippen LogP) is 0.367. The van der Waals surface area contributed by atoms with Crippen molar-refractivity contribution in [2.24, 2.45) is 0 Å². The highest BCUT2D eigenvalue weighted by atomic mass is 32.2. The van der Waals surface area contributed by atoms with Crippen molar-refractivity contribution in [1.82, 2.24) is 20.1 Å². The zero-order chi connectivity index (χ0) is 14.5. The van der Waals surface area contributed by atoms with Gasteiger partial charge in [-0.1, -0.05) is 11.8 Å². The molecule has 1 amide bonds. The molecule has 1 aliphatic heterocycles. The molecule has 0 radical (unpaired) electrons. The van der Waals surface area contributed by atoms with Gasteiger partial charge < -0.3 is 10.1 Å². The van der Waals surface area contributed by atoms with Gasteiger partial charge in [0.05, 0.1) is 17.9 Å². The minimum atomic E-state index is -0.298. The third-order valence-corrected chi connectivity index (χ3v) is 4.23. The summed E-state index contributed by atoms with van der Waals surface area (Å²) in [5.41, 5.74) is -0.258. The quantitative estimate of drug-likeness (QED) is 0.741. The molecule has 0 aromatic carbocycles. The van der Waals surface area contributed by atoms with Gasteiger partial charge in [-0.05, 0) is 26.7 Å². The van der Waals surface area contributed by atoms with Crippen LogP contribution in [0.15, 0.2) is 9.95 Å². The van der Waals surface area contributed by atoms with Crippen molar-refractivity contribution in [3.63, 3.8) is 0 Å². The van der Waals surface area contributed by atoms with E-state index >= 15 is 0 Å². The molecule has 2 heterocycles. The molecule has 0 saturated carbocycles. The molecule has 1 aliphatic rings. The molecule has 0 spiro atoms. The molecule has 1 saturated heterocycles. The van der Waals surface area contributed by atoms with Gasteiger partial charge in [0.25, 0.3) is 0 Å². The monoisotopic (exact) mass is 300 g/mol. The van der Waals surface area contributed by atoms with Gasteiger partial charge in [-0.15, -0.1) is 5.10 Å². The van der Waals surface area contributed by atoms with Crippen LogP contribution in [0.2, 0.25) is 0 Å². The summed E-state index contributed by atoms with van der Waals surface area (Å²) in [5, 5.41) is 9.42. The van der Waals surface area contributed by atoms with Gasteiger partial charge in [-0.2, -0.15) is 0 Å². The maximum absolute atomic E-state index is 11.8. The number of ether oxygens (including phenoxy) is 1. The van der Waals surface area contributed by atoms with Crippen molar-refractivity contribution in [1.29, 1.82) is 0 Å². The standard InChI is InChI=1S/C12H20N4O3S/c1-3-13-10(17)8(2)20-12-15-14-11(18)16(12)7-9-5-4-6-19-9/h8-9H,3-7H2,1-2H3,(H,13,17)(H,14,18)/t8-,9+/m0/s1. The Kier molecular flexibility index (Phi) is 5.24. The number of nitrogens with one attached hydrogen (secondary N) is 2. The number of carbonyl (C=O) groups is 1. The molecule has 1 aromatic rings. The average Bonchev–Trinajstić information content (AvgIpc) is 3.04. The van der Waals surface area contributed by atoms with Crippen molar-refractivity contribution in [2.75, 3.05) is 13.2 Å². The summed E-state index contributed by atoms with van der Waals surface area (Å²) in [4.78, 5) is 23.5. The maximum atomic E-state index is 11.8. The first-order valence-corrected chi connectivity index (χ1v) is 7.71. The Balaban J connectivity index is 2.04. The Hall–Kier alpha value is -1.28.